The van der Waals surface area contributed by atoms with Gasteiger partial charge in [0.1, 0.15) is 11.6 Å². The molecule has 0 bridgehead atoms. The van der Waals surface area contributed by atoms with Crippen molar-refractivity contribution in [2.24, 2.45) is 5.41 Å². The number of aromatic nitrogens is 4. The third-order valence-corrected chi connectivity index (χ3v) is 6.76. The van der Waals surface area contributed by atoms with Crippen LogP contribution in [0.1, 0.15) is 18.7 Å². The number of fused-ring (bicyclic) bond motifs is 2. The number of imidazole rings is 1. The molecule has 1 saturated heterocycles. The van der Waals surface area contributed by atoms with Crippen molar-refractivity contribution in [1.29, 1.82) is 0 Å². The second kappa shape index (κ2) is 7.60. The first kappa shape index (κ1) is 22.5. The van der Waals surface area contributed by atoms with Gasteiger partial charge in [0.2, 0.25) is 5.28 Å². The van der Waals surface area contributed by atoms with E-state index >= 15 is 0 Å². The first-order chi connectivity index (χ1) is 16.1. The van der Waals surface area contributed by atoms with E-state index in [0.29, 0.717) is 5.56 Å². The number of halogens is 1. The van der Waals surface area contributed by atoms with Gasteiger partial charge in [0.15, 0.2) is 17.7 Å². The first-order valence-electron chi connectivity index (χ1n) is 10.3. The van der Waals surface area contributed by atoms with E-state index in [1.807, 2.05) is 0 Å². The van der Waals surface area contributed by atoms with Crippen molar-refractivity contribution < 1.29 is 34.4 Å². The summed E-state index contributed by atoms with van der Waals surface area (Å²) in [6.07, 6.45) is -2.94. The van der Waals surface area contributed by atoms with Crippen molar-refractivity contribution in [3.8, 4) is 0 Å². The molecule has 5 atom stereocenters. The molecule has 3 heterocycles. The molecule has 0 spiro atoms. The number of nitrogens with zero attached hydrogens (tertiary/aromatic N) is 4. The number of hydrogen-bond acceptors (Lipinski definition) is 9. The quantitative estimate of drug-likeness (QED) is 0.273. The second-order valence-corrected chi connectivity index (χ2v) is 8.94. The van der Waals surface area contributed by atoms with Crippen LogP contribution in [-0.2, 0) is 25.5 Å². The molecule has 12 nitrogen and oxygen atoms in total. The van der Waals surface area contributed by atoms with Gasteiger partial charge in [-0.15, -0.1) is 0 Å². The van der Waals surface area contributed by atoms with Crippen LogP contribution in [0.4, 0.5) is 5.82 Å². The summed E-state index contributed by atoms with van der Waals surface area (Å²) < 4.78 is 13.1. The molecule has 5 N–H and O–H groups in total. The largest absolute Gasteiger partial charge is 0.479 e. The maximum atomic E-state index is 12.1. The lowest BCUT2D eigenvalue weighted by Gasteiger charge is -2.30. The van der Waals surface area contributed by atoms with Gasteiger partial charge in [0.25, 0.3) is 5.60 Å². The monoisotopic (exact) mass is 489 g/mol. The number of nitrogen functional groups attached to an aromatic ring is 1. The average molecular weight is 490 g/mol. The molecule has 1 unspecified atom stereocenters. The number of carbonyl (C=O) groups is 2. The minimum Gasteiger partial charge on any atom is -0.479 e. The molecule has 34 heavy (non-hydrogen) atoms. The van der Waals surface area contributed by atoms with E-state index in [9.17, 15) is 24.9 Å². The van der Waals surface area contributed by atoms with Crippen LogP contribution in [0.15, 0.2) is 36.7 Å². The zero-order valence-electron chi connectivity index (χ0n) is 17.7. The normalized spacial score (nSPS) is 28.1. The summed E-state index contributed by atoms with van der Waals surface area (Å²) >= 11 is 5.90. The van der Waals surface area contributed by atoms with Crippen molar-refractivity contribution in [2.45, 2.75) is 43.5 Å². The Bertz CT molecular complexity index is 1290. The summed E-state index contributed by atoms with van der Waals surface area (Å²) in [5, 5.41) is 30.7. The minimum atomic E-state index is -2.56. The highest BCUT2D eigenvalue weighted by Gasteiger charge is 2.77. The molecule has 1 saturated carbocycles. The van der Waals surface area contributed by atoms with Gasteiger partial charge in [0, 0.05) is 6.42 Å². The van der Waals surface area contributed by atoms with Gasteiger partial charge in [-0.1, -0.05) is 37.3 Å². The Labute approximate surface area is 196 Å². The summed E-state index contributed by atoms with van der Waals surface area (Å²) in [5.74, 6) is -3.23. The van der Waals surface area contributed by atoms with Gasteiger partial charge < -0.3 is 30.5 Å². The fraction of sp³-hybridized carbons (Fsp3) is 0.381. The molecule has 1 aliphatic carbocycles. The van der Waals surface area contributed by atoms with Crippen LogP contribution in [0.2, 0.25) is 5.28 Å². The lowest BCUT2D eigenvalue weighted by molar-refractivity contribution is -0.193. The highest BCUT2D eigenvalue weighted by atomic mass is 35.5. The summed E-state index contributed by atoms with van der Waals surface area (Å²) in [5.41, 5.74) is 3.20. The van der Waals surface area contributed by atoms with Crippen molar-refractivity contribution >= 4 is 40.5 Å². The highest BCUT2D eigenvalue weighted by molar-refractivity contribution is 6.28. The fourth-order valence-electron chi connectivity index (χ4n) is 4.53. The van der Waals surface area contributed by atoms with E-state index in [-0.39, 0.29) is 22.3 Å². The molecule has 3 aromatic rings. The Hall–Kier alpha value is -3.32. The van der Waals surface area contributed by atoms with Gasteiger partial charge in [-0.2, -0.15) is 9.97 Å². The van der Waals surface area contributed by atoms with Crippen LogP contribution >= 0.6 is 11.6 Å². The number of aliphatic carboxylic acids is 2. The number of aliphatic hydroxyl groups is 1. The SMILES string of the molecule is C[C@]12C(OC(Cc3ccccc3)(C(=O)O)C(=O)O)[C@H]1O[C@@H](n1cnc3c(N)nc(Cl)nc31)[C@@H]2O. The maximum absolute atomic E-state index is 12.1. The topological polar surface area (TPSA) is 183 Å². The van der Waals surface area contributed by atoms with Gasteiger partial charge >= 0.3 is 11.9 Å². The molecule has 1 aromatic carbocycles. The van der Waals surface area contributed by atoms with Gasteiger partial charge in [0.05, 0.1) is 24.0 Å². The van der Waals surface area contributed by atoms with Crippen molar-refractivity contribution in [3.05, 3.63) is 47.5 Å². The second-order valence-electron chi connectivity index (χ2n) is 8.60. The highest BCUT2D eigenvalue weighted by Crippen LogP contribution is 2.63. The Morgan fingerprint density at radius 1 is 1.26 bits per heavy atom. The molecule has 178 valence electrons. The number of nitrogens with two attached hydrogens (primary N) is 1. The summed E-state index contributed by atoms with van der Waals surface area (Å²) in [6, 6.07) is 8.31. The van der Waals surface area contributed by atoms with E-state index in [1.165, 1.54) is 10.9 Å². The summed E-state index contributed by atoms with van der Waals surface area (Å²) in [4.78, 5) is 36.4. The third-order valence-electron chi connectivity index (χ3n) is 6.60. The lowest BCUT2D eigenvalue weighted by atomic mass is 9.93. The Balaban J connectivity index is 1.42. The molecule has 2 fully saturated rings. The van der Waals surface area contributed by atoms with Crippen molar-refractivity contribution in [1.82, 2.24) is 19.5 Å². The van der Waals surface area contributed by atoms with E-state index < -0.39 is 53.9 Å². The molecule has 2 aliphatic rings. The molecule has 0 radical (unpaired) electrons. The van der Waals surface area contributed by atoms with E-state index in [2.05, 4.69) is 15.0 Å². The number of rotatable bonds is 7. The minimum absolute atomic E-state index is 0.0624. The Morgan fingerprint density at radius 3 is 2.53 bits per heavy atom. The molecule has 0 amide bonds. The number of benzene rings is 1. The average Bonchev–Trinajstić information content (AvgIpc) is 3.05. The molecular weight excluding hydrogens is 470 g/mol. The van der Waals surface area contributed by atoms with E-state index in [0.717, 1.165) is 0 Å². The predicted octanol–water partition coefficient (Wildman–Crippen LogP) is 0.876. The van der Waals surface area contributed by atoms with Crippen molar-refractivity contribution in [3.63, 3.8) is 0 Å². The third kappa shape index (κ3) is 3.14. The van der Waals surface area contributed by atoms with Gasteiger partial charge in [-0.05, 0) is 17.2 Å². The molecule has 2 aromatic heterocycles. The summed E-state index contributed by atoms with van der Waals surface area (Å²) in [7, 11) is 0. The van der Waals surface area contributed by atoms with Crippen LogP contribution in [0.25, 0.3) is 11.2 Å². The number of aliphatic hydroxyl groups excluding tert-OH is 1. The predicted molar refractivity (Wildman–Crippen MR) is 116 cm³/mol. The smallest absolute Gasteiger partial charge is 0.348 e. The van der Waals surface area contributed by atoms with E-state index in [1.54, 1.807) is 37.3 Å². The fourth-order valence-corrected chi connectivity index (χ4v) is 4.70. The first-order valence-corrected chi connectivity index (χ1v) is 10.6. The zero-order chi connectivity index (χ0) is 24.4. The number of hydrogen-bond donors (Lipinski definition) is 4. The number of ether oxygens (including phenoxy) is 2. The Morgan fingerprint density at radius 2 is 1.94 bits per heavy atom. The van der Waals surface area contributed by atoms with Crippen LogP contribution in [0.5, 0.6) is 0 Å². The van der Waals surface area contributed by atoms with Crippen LogP contribution in [-0.4, -0.2) is 70.7 Å². The zero-order valence-corrected chi connectivity index (χ0v) is 18.5. The number of anilines is 1. The number of carboxylic acid groups (broad SMARTS) is 2. The summed E-state index contributed by atoms with van der Waals surface area (Å²) in [6.45, 7) is 1.64. The van der Waals surface area contributed by atoms with Gasteiger partial charge in [-0.3, -0.25) is 4.57 Å². The van der Waals surface area contributed by atoms with Crippen LogP contribution in [0, 0.1) is 5.41 Å². The molecule has 1 aliphatic heterocycles. The molecule has 13 heteroatoms. The number of carboxylic acids is 2. The van der Waals surface area contributed by atoms with Gasteiger partial charge in [-0.25, -0.2) is 14.6 Å². The maximum Gasteiger partial charge on any atom is 0.348 e. The lowest BCUT2D eigenvalue weighted by Crippen LogP contribution is -2.53. The molecule has 5 rings (SSSR count). The standard InChI is InChI=1S/C21H20ClN5O7/c1-20-11(28)16(27-8-24-10-14(23)25-19(22)26-15(10)27)33-12(20)13(20)34-21(17(29)30,18(31)32)7-9-5-3-2-4-6-9/h2-6,8,11-13,16,28H,7H2,1H3,(H,29,30)(H,31,32)(H2,23,25,26)/t11-,12+,13?,16+,20+/m0/s1. The van der Waals surface area contributed by atoms with Crippen LogP contribution < -0.4 is 5.73 Å². The van der Waals surface area contributed by atoms with E-state index in [4.69, 9.17) is 26.8 Å². The molecular formula is C21H20ClN5O7. The van der Waals surface area contributed by atoms with Crippen LogP contribution in [0.3, 0.4) is 0 Å². The van der Waals surface area contributed by atoms with Crippen molar-refractivity contribution in [2.75, 3.05) is 5.73 Å². The Kier molecular flexibility index (Phi) is 5.02.